The van der Waals surface area contributed by atoms with E-state index in [1.807, 2.05) is 24.4 Å². The molecule has 18 heavy (non-hydrogen) atoms. The number of benzene rings is 1. The van der Waals surface area contributed by atoms with Crippen LogP contribution < -0.4 is 0 Å². The molecule has 3 rings (SSSR count). The summed E-state index contributed by atoms with van der Waals surface area (Å²) in [5.74, 6) is 0. The van der Waals surface area contributed by atoms with Gasteiger partial charge in [0.05, 0.1) is 5.69 Å². The van der Waals surface area contributed by atoms with Gasteiger partial charge in [0, 0.05) is 18.7 Å². The fourth-order valence-electron chi connectivity index (χ4n) is 2.65. The molecule has 1 aromatic rings. The van der Waals surface area contributed by atoms with Crippen LogP contribution >= 0.6 is 0 Å². The number of para-hydroxylation sites is 1. The Labute approximate surface area is 111 Å². The third-order valence-corrected chi connectivity index (χ3v) is 3.84. The predicted octanol–water partition coefficient (Wildman–Crippen LogP) is 3.83. The molecule has 1 saturated carbocycles. The van der Waals surface area contributed by atoms with Crippen molar-refractivity contribution in [3.63, 3.8) is 0 Å². The lowest BCUT2D eigenvalue weighted by molar-refractivity contribution is 0.229. The smallest absolute Gasteiger partial charge is 0.0661 e. The van der Waals surface area contributed by atoms with Gasteiger partial charge in [-0.2, -0.15) is 0 Å². The second kappa shape index (κ2) is 6.69. The number of fused-ring (bicyclic) bond motifs is 1. The van der Waals surface area contributed by atoms with Crippen LogP contribution in [0.1, 0.15) is 37.7 Å². The SMILES string of the molecule is C1=Nc2ccccc2C1.CN(C)C1CCCCC1. The second-order valence-electron chi connectivity index (χ2n) is 5.40. The van der Waals surface area contributed by atoms with Crippen LogP contribution in [0.25, 0.3) is 0 Å². The third kappa shape index (κ3) is 3.67. The minimum Gasteiger partial charge on any atom is -0.306 e. The Bertz CT molecular complexity index is 390. The summed E-state index contributed by atoms with van der Waals surface area (Å²) in [7, 11) is 4.38. The van der Waals surface area contributed by atoms with Gasteiger partial charge in [0.15, 0.2) is 0 Å². The van der Waals surface area contributed by atoms with Gasteiger partial charge >= 0.3 is 0 Å². The Morgan fingerprint density at radius 1 is 1.06 bits per heavy atom. The van der Waals surface area contributed by atoms with E-state index in [9.17, 15) is 0 Å². The molecular formula is C16H24N2. The van der Waals surface area contributed by atoms with Crippen molar-refractivity contribution >= 4 is 11.9 Å². The van der Waals surface area contributed by atoms with E-state index < -0.39 is 0 Å². The third-order valence-electron chi connectivity index (χ3n) is 3.84. The highest BCUT2D eigenvalue weighted by Gasteiger charge is 2.13. The highest BCUT2D eigenvalue weighted by atomic mass is 15.1. The zero-order valence-electron chi connectivity index (χ0n) is 11.6. The summed E-state index contributed by atoms with van der Waals surface area (Å²) >= 11 is 0. The lowest BCUT2D eigenvalue weighted by atomic mass is 9.95. The van der Waals surface area contributed by atoms with Gasteiger partial charge in [0.2, 0.25) is 0 Å². The van der Waals surface area contributed by atoms with E-state index in [4.69, 9.17) is 0 Å². The van der Waals surface area contributed by atoms with Crippen LogP contribution in [-0.2, 0) is 6.42 Å². The van der Waals surface area contributed by atoms with Crippen LogP contribution in [0.3, 0.4) is 0 Å². The topological polar surface area (TPSA) is 15.6 Å². The van der Waals surface area contributed by atoms with E-state index in [0.29, 0.717) is 0 Å². The molecule has 1 aliphatic carbocycles. The Hall–Kier alpha value is -1.15. The maximum atomic E-state index is 4.17. The first-order valence-corrected chi connectivity index (χ1v) is 7.04. The first-order chi connectivity index (χ1) is 8.77. The average Bonchev–Trinajstić information content (AvgIpc) is 2.89. The molecule has 0 unspecified atom stereocenters. The van der Waals surface area contributed by atoms with Gasteiger partial charge in [-0.05, 0) is 38.6 Å². The first-order valence-electron chi connectivity index (χ1n) is 7.04. The fourth-order valence-corrected chi connectivity index (χ4v) is 2.65. The maximum absolute atomic E-state index is 4.17. The van der Waals surface area contributed by atoms with Gasteiger partial charge in [-0.15, -0.1) is 0 Å². The lowest BCUT2D eigenvalue weighted by Gasteiger charge is -2.27. The normalized spacial score (nSPS) is 18.4. The second-order valence-corrected chi connectivity index (χ2v) is 5.40. The van der Waals surface area contributed by atoms with Crippen molar-refractivity contribution in [3.8, 4) is 0 Å². The molecule has 0 spiro atoms. The molecule has 0 amide bonds. The van der Waals surface area contributed by atoms with Gasteiger partial charge in [0.1, 0.15) is 0 Å². The van der Waals surface area contributed by atoms with Crippen molar-refractivity contribution in [1.82, 2.24) is 4.90 Å². The molecule has 0 bridgehead atoms. The van der Waals surface area contributed by atoms with E-state index in [1.54, 1.807) is 0 Å². The van der Waals surface area contributed by atoms with E-state index in [0.717, 1.165) is 18.2 Å². The fraction of sp³-hybridized carbons (Fsp3) is 0.562. The van der Waals surface area contributed by atoms with Crippen LogP contribution in [0.15, 0.2) is 29.3 Å². The zero-order valence-corrected chi connectivity index (χ0v) is 11.6. The summed E-state index contributed by atoms with van der Waals surface area (Å²) < 4.78 is 0. The van der Waals surface area contributed by atoms with Gasteiger partial charge in [-0.3, -0.25) is 4.99 Å². The molecule has 2 nitrogen and oxygen atoms in total. The number of nitrogens with zero attached hydrogens (tertiary/aromatic N) is 2. The lowest BCUT2D eigenvalue weighted by Crippen LogP contribution is -2.29. The van der Waals surface area contributed by atoms with Gasteiger partial charge in [0.25, 0.3) is 0 Å². The first kappa shape index (κ1) is 13.3. The maximum Gasteiger partial charge on any atom is 0.0661 e. The van der Waals surface area contributed by atoms with E-state index in [1.165, 1.54) is 37.7 Å². The van der Waals surface area contributed by atoms with Crippen molar-refractivity contribution in [3.05, 3.63) is 29.8 Å². The van der Waals surface area contributed by atoms with Crippen LogP contribution in [-0.4, -0.2) is 31.3 Å². The number of aliphatic imine (C=N–C) groups is 1. The summed E-state index contributed by atoms with van der Waals surface area (Å²) in [6.45, 7) is 0. The van der Waals surface area contributed by atoms with E-state index in [2.05, 4.69) is 30.1 Å². The molecule has 1 aromatic carbocycles. The summed E-state index contributed by atoms with van der Waals surface area (Å²) in [6.07, 6.45) is 10.2. The quantitative estimate of drug-likeness (QED) is 0.733. The molecule has 98 valence electrons. The van der Waals surface area contributed by atoms with Crippen LogP contribution in [0.4, 0.5) is 5.69 Å². The molecule has 0 aromatic heterocycles. The standard InChI is InChI=1S/C8H7N.C8H17N/c1-2-4-8-7(3-1)5-6-9-8;1-9(2)8-6-4-3-5-7-8/h1-4,6H,5H2;8H,3-7H2,1-2H3. The van der Waals surface area contributed by atoms with Crippen molar-refractivity contribution in [2.75, 3.05) is 14.1 Å². The zero-order chi connectivity index (χ0) is 12.8. The van der Waals surface area contributed by atoms with E-state index >= 15 is 0 Å². The summed E-state index contributed by atoms with van der Waals surface area (Å²) in [5.41, 5.74) is 2.48. The van der Waals surface area contributed by atoms with Gasteiger partial charge < -0.3 is 4.90 Å². The Kier molecular flexibility index (Phi) is 4.94. The number of rotatable bonds is 1. The van der Waals surface area contributed by atoms with E-state index in [-0.39, 0.29) is 0 Å². The minimum absolute atomic E-state index is 0.888. The summed E-state index contributed by atoms with van der Waals surface area (Å²) in [4.78, 5) is 6.53. The summed E-state index contributed by atoms with van der Waals surface area (Å²) in [5, 5.41) is 0. The predicted molar refractivity (Wildman–Crippen MR) is 78.9 cm³/mol. The Balaban J connectivity index is 0.000000134. The average molecular weight is 244 g/mol. The molecular weight excluding hydrogens is 220 g/mol. The minimum atomic E-state index is 0.888. The molecule has 1 heterocycles. The molecule has 0 atom stereocenters. The van der Waals surface area contributed by atoms with Gasteiger partial charge in [-0.25, -0.2) is 0 Å². The molecule has 2 heteroatoms. The molecule has 1 fully saturated rings. The molecule has 1 aliphatic heterocycles. The molecule has 0 N–H and O–H groups in total. The molecule has 0 radical (unpaired) electrons. The van der Waals surface area contributed by atoms with Crippen molar-refractivity contribution < 1.29 is 0 Å². The monoisotopic (exact) mass is 244 g/mol. The Morgan fingerprint density at radius 2 is 1.78 bits per heavy atom. The van der Waals surface area contributed by atoms with Crippen molar-refractivity contribution in [1.29, 1.82) is 0 Å². The Morgan fingerprint density at radius 3 is 2.39 bits per heavy atom. The van der Waals surface area contributed by atoms with Gasteiger partial charge in [-0.1, -0.05) is 37.5 Å². The summed E-state index contributed by atoms with van der Waals surface area (Å²) in [6, 6.07) is 9.11. The highest BCUT2D eigenvalue weighted by Crippen LogP contribution is 2.22. The molecule has 0 saturated heterocycles. The number of hydrogen-bond donors (Lipinski definition) is 0. The largest absolute Gasteiger partial charge is 0.306 e. The van der Waals surface area contributed by atoms with Crippen LogP contribution in [0, 0.1) is 0 Å². The van der Waals surface area contributed by atoms with Crippen molar-refractivity contribution in [2.24, 2.45) is 4.99 Å². The van der Waals surface area contributed by atoms with Crippen molar-refractivity contribution in [2.45, 2.75) is 44.6 Å². The highest BCUT2D eigenvalue weighted by molar-refractivity contribution is 5.75. The molecule has 2 aliphatic rings. The van der Waals surface area contributed by atoms with Crippen LogP contribution in [0.5, 0.6) is 0 Å². The number of hydrogen-bond acceptors (Lipinski definition) is 2. The van der Waals surface area contributed by atoms with Crippen LogP contribution in [0.2, 0.25) is 0 Å².